The fourth-order valence-electron chi connectivity index (χ4n) is 1.57. The van der Waals surface area contributed by atoms with E-state index >= 15 is 0 Å². The molecule has 0 spiro atoms. The van der Waals surface area contributed by atoms with Crippen LogP contribution in [0.1, 0.15) is 6.42 Å². The van der Waals surface area contributed by atoms with Gasteiger partial charge in [0.05, 0.1) is 22.5 Å². The van der Waals surface area contributed by atoms with E-state index in [0.29, 0.717) is 29.0 Å². The van der Waals surface area contributed by atoms with E-state index in [-0.39, 0.29) is 11.4 Å². The number of sulfonamides is 1. The first-order valence-corrected chi connectivity index (χ1v) is 7.47. The molecule has 0 radical (unpaired) electrons. The number of anilines is 1. The summed E-state index contributed by atoms with van der Waals surface area (Å²) in [5.41, 5.74) is 1.26. The highest BCUT2D eigenvalue weighted by Gasteiger charge is 2.10. The zero-order valence-corrected chi connectivity index (χ0v) is 10.9. The molecule has 0 aliphatic heterocycles. The molecule has 18 heavy (non-hydrogen) atoms. The zero-order chi connectivity index (χ0) is 13.2. The van der Waals surface area contributed by atoms with Gasteiger partial charge in [-0.3, -0.25) is 4.72 Å². The van der Waals surface area contributed by atoms with Crippen LogP contribution in [0.5, 0.6) is 0 Å². The van der Waals surface area contributed by atoms with Crippen LogP contribution in [0.25, 0.3) is 11.0 Å². The van der Waals surface area contributed by atoms with E-state index in [0.717, 1.165) is 0 Å². The molecule has 8 heteroatoms. The number of fused-ring (bicyclic) bond motifs is 1. The van der Waals surface area contributed by atoms with Gasteiger partial charge in [-0.15, -0.1) is 11.6 Å². The third kappa shape index (κ3) is 3.05. The van der Waals surface area contributed by atoms with Gasteiger partial charge in [0.2, 0.25) is 10.0 Å². The van der Waals surface area contributed by atoms with Gasteiger partial charge in [-0.1, -0.05) is 0 Å². The fourth-order valence-corrected chi connectivity index (χ4v) is 2.98. The standard InChI is InChI=1S/C10H12ClN3O3S/c11-4-1-5-18(16,17)14-7-2-3-8-9(6-7)13-10(15)12-8/h2-3,6,14H,1,4-5H2,(H2,12,13,15). The number of aromatic nitrogens is 2. The molecule has 1 aromatic carbocycles. The van der Waals surface area contributed by atoms with Gasteiger partial charge in [0.1, 0.15) is 0 Å². The summed E-state index contributed by atoms with van der Waals surface area (Å²) in [7, 11) is -3.40. The Morgan fingerprint density at radius 3 is 2.67 bits per heavy atom. The Balaban J connectivity index is 2.24. The number of nitrogens with one attached hydrogen (secondary N) is 3. The SMILES string of the molecule is O=c1[nH]c2ccc(NS(=O)(=O)CCCCl)cc2[nH]1. The average Bonchev–Trinajstić information content (AvgIpc) is 2.65. The average molecular weight is 290 g/mol. The molecular weight excluding hydrogens is 278 g/mol. The number of halogens is 1. The van der Waals surface area contributed by atoms with Crippen LogP contribution < -0.4 is 10.4 Å². The maximum Gasteiger partial charge on any atom is 0.323 e. The van der Waals surface area contributed by atoms with Gasteiger partial charge in [-0.25, -0.2) is 13.2 Å². The van der Waals surface area contributed by atoms with Crippen molar-refractivity contribution in [1.29, 1.82) is 0 Å². The number of benzene rings is 1. The van der Waals surface area contributed by atoms with Crippen molar-refractivity contribution >= 4 is 38.3 Å². The molecule has 6 nitrogen and oxygen atoms in total. The molecular formula is C10H12ClN3O3S. The fraction of sp³-hybridized carbons (Fsp3) is 0.300. The molecule has 2 aromatic rings. The van der Waals surface area contributed by atoms with Gasteiger partial charge < -0.3 is 9.97 Å². The van der Waals surface area contributed by atoms with Gasteiger partial charge in [-0.05, 0) is 24.6 Å². The second-order valence-corrected chi connectivity index (χ2v) is 6.02. The molecule has 0 amide bonds. The second kappa shape index (κ2) is 5.03. The van der Waals surface area contributed by atoms with Crippen LogP contribution in [-0.4, -0.2) is 30.0 Å². The van der Waals surface area contributed by atoms with E-state index < -0.39 is 10.0 Å². The minimum Gasteiger partial charge on any atom is -0.306 e. The lowest BCUT2D eigenvalue weighted by Gasteiger charge is -2.06. The van der Waals surface area contributed by atoms with Gasteiger partial charge in [-0.2, -0.15) is 0 Å². The highest BCUT2D eigenvalue weighted by atomic mass is 35.5. The highest BCUT2D eigenvalue weighted by molar-refractivity contribution is 7.92. The lowest BCUT2D eigenvalue weighted by atomic mass is 10.3. The molecule has 0 saturated carbocycles. The maximum atomic E-state index is 11.7. The molecule has 3 N–H and O–H groups in total. The topological polar surface area (TPSA) is 94.8 Å². The minimum atomic E-state index is -3.40. The number of hydrogen-bond acceptors (Lipinski definition) is 3. The van der Waals surface area contributed by atoms with E-state index in [1.54, 1.807) is 18.2 Å². The van der Waals surface area contributed by atoms with E-state index in [4.69, 9.17) is 11.6 Å². The molecule has 2 rings (SSSR count). The molecule has 0 fully saturated rings. The third-order valence-corrected chi connectivity index (χ3v) is 3.98. The zero-order valence-electron chi connectivity index (χ0n) is 9.36. The van der Waals surface area contributed by atoms with Crippen molar-refractivity contribution in [3.05, 3.63) is 28.7 Å². The van der Waals surface area contributed by atoms with Crippen LogP contribution in [0.2, 0.25) is 0 Å². The van der Waals surface area contributed by atoms with Crippen LogP contribution in [0.3, 0.4) is 0 Å². The highest BCUT2D eigenvalue weighted by Crippen LogP contribution is 2.16. The van der Waals surface area contributed by atoms with E-state index in [9.17, 15) is 13.2 Å². The first-order chi connectivity index (χ1) is 8.50. The second-order valence-electron chi connectivity index (χ2n) is 3.80. The maximum absolute atomic E-state index is 11.7. The Labute approximate surface area is 108 Å². The van der Waals surface area contributed by atoms with Crippen molar-refractivity contribution in [2.24, 2.45) is 0 Å². The summed E-state index contributed by atoms with van der Waals surface area (Å²) in [6.45, 7) is 0. The monoisotopic (exact) mass is 289 g/mol. The van der Waals surface area contributed by atoms with Crippen molar-refractivity contribution in [2.75, 3.05) is 16.4 Å². The molecule has 0 aliphatic rings. The predicted molar refractivity (Wildman–Crippen MR) is 71.7 cm³/mol. The Morgan fingerprint density at radius 2 is 1.94 bits per heavy atom. The Hall–Kier alpha value is -1.47. The summed E-state index contributed by atoms with van der Waals surface area (Å²) in [6.07, 6.45) is 0.389. The molecule has 1 aromatic heterocycles. The van der Waals surface area contributed by atoms with Crippen LogP contribution in [0.4, 0.5) is 5.69 Å². The Kier molecular flexibility index (Phi) is 3.63. The number of alkyl halides is 1. The van der Waals surface area contributed by atoms with E-state index in [1.807, 2.05) is 0 Å². The largest absolute Gasteiger partial charge is 0.323 e. The van der Waals surface area contributed by atoms with Crippen LogP contribution in [0, 0.1) is 0 Å². The van der Waals surface area contributed by atoms with Crippen LogP contribution in [-0.2, 0) is 10.0 Å². The summed E-state index contributed by atoms with van der Waals surface area (Å²) in [5, 5.41) is 0. The summed E-state index contributed by atoms with van der Waals surface area (Å²) < 4.78 is 25.7. The van der Waals surface area contributed by atoms with Gasteiger partial charge >= 0.3 is 5.69 Å². The summed E-state index contributed by atoms with van der Waals surface area (Å²) in [6, 6.07) is 4.78. The third-order valence-electron chi connectivity index (χ3n) is 2.34. The quantitative estimate of drug-likeness (QED) is 0.722. The Bertz CT molecular complexity index is 704. The summed E-state index contributed by atoms with van der Waals surface area (Å²) in [5.74, 6) is 0.267. The number of imidazole rings is 1. The van der Waals surface area contributed by atoms with Gasteiger partial charge in [0.15, 0.2) is 0 Å². The van der Waals surface area contributed by atoms with Crippen molar-refractivity contribution in [1.82, 2.24) is 9.97 Å². The van der Waals surface area contributed by atoms with E-state index in [2.05, 4.69) is 14.7 Å². The lowest BCUT2D eigenvalue weighted by molar-refractivity contribution is 0.600. The van der Waals surface area contributed by atoms with Crippen LogP contribution in [0.15, 0.2) is 23.0 Å². The van der Waals surface area contributed by atoms with Crippen molar-refractivity contribution in [2.45, 2.75) is 6.42 Å². The molecule has 0 bridgehead atoms. The smallest absolute Gasteiger partial charge is 0.306 e. The molecule has 0 unspecified atom stereocenters. The number of aromatic amines is 2. The molecule has 0 aliphatic carbocycles. The normalized spacial score (nSPS) is 11.8. The van der Waals surface area contributed by atoms with Gasteiger partial charge in [0.25, 0.3) is 0 Å². The Morgan fingerprint density at radius 1 is 1.22 bits per heavy atom. The van der Waals surface area contributed by atoms with Crippen molar-refractivity contribution in [3.63, 3.8) is 0 Å². The van der Waals surface area contributed by atoms with Crippen LogP contribution >= 0.6 is 11.6 Å². The van der Waals surface area contributed by atoms with Crippen molar-refractivity contribution < 1.29 is 8.42 Å². The number of rotatable bonds is 5. The molecule has 0 atom stereocenters. The number of hydrogen-bond donors (Lipinski definition) is 3. The number of H-pyrrole nitrogens is 2. The van der Waals surface area contributed by atoms with E-state index in [1.165, 1.54) is 0 Å². The predicted octanol–water partition coefficient (Wildman–Crippen LogP) is 1.23. The first kappa shape index (κ1) is 13.0. The first-order valence-electron chi connectivity index (χ1n) is 5.29. The molecule has 0 saturated heterocycles. The minimum absolute atomic E-state index is 0.0296. The molecule has 98 valence electrons. The summed E-state index contributed by atoms with van der Waals surface area (Å²) >= 11 is 5.46. The summed E-state index contributed by atoms with van der Waals surface area (Å²) in [4.78, 5) is 16.2. The molecule has 1 heterocycles. The van der Waals surface area contributed by atoms with Crippen molar-refractivity contribution in [3.8, 4) is 0 Å². The lowest BCUT2D eigenvalue weighted by Crippen LogP contribution is -2.16. The van der Waals surface area contributed by atoms with Gasteiger partial charge in [0, 0.05) is 5.88 Å².